The molecule has 1 amide bonds. The maximum atomic E-state index is 12.2. The van der Waals surface area contributed by atoms with Crippen LogP contribution in [0.4, 0.5) is 0 Å². The van der Waals surface area contributed by atoms with Crippen LogP contribution in [0.3, 0.4) is 0 Å². The lowest BCUT2D eigenvalue weighted by Crippen LogP contribution is -2.27. The number of aryl methyl sites for hydroxylation is 1. The maximum absolute atomic E-state index is 12.2. The van der Waals surface area contributed by atoms with Gasteiger partial charge in [-0.3, -0.25) is 4.79 Å². The SMILES string of the molecule is COCCNC(=O)/C(C#N)=C/c1cc(C)n(-c2ccc(-c3ccccc3)cc2)c1C. The Hall–Kier alpha value is -3.62. The van der Waals surface area contributed by atoms with Crippen LogP contribution in [0.5, 0.6) is 0 Å². The Bertz CT molecular complexity index is 1090. The van der Waals surface area contributed by atoms with E-state index in [9.17, 15) is 10.1 Å². The van der Waals surface area contributed by atoms with E-state index in [0.717, 1.165) is 28.2 Å². The molecule has 30 heavy (non-hydrogen) atoms. The standard InChI is InChI=1S/C25H25N3O2/c1-18-15-22(16-23(17-26)25(29)27-13-14-30-3)19(2)28(18)24-11-9-21(10-12-24)20-7-5-4-6-8-20/h4-12,15-16H,13-14H2,1-3H3,(H,27,29)/b23-16+. The number of amides is 1. The van der Waals surface area contributed by atoms with Crippen LogP contribution in [0.1, 0.15) is 17.0 Å². The van der Waals surface area contributed by atoms with Crippen LogP contribution >= 0.6 is 0 Å². The average molecular weight is 399 g/mol. The molecule has 3 rings (SSSR count). The van der Waals surface area contributed by atoms with E-state index >= 15 is 0 Å². The van der Waals surface area contributed by atoms with Gasteiger partial charge in [0.2, 0.25) is 0 Å². The lowest BCUT2D eigenvalue weighted by atomic mass is 10.1. The second-order valence-electron chi connectivity index (χ2n) is 6.99. The predicted octanol–water partition coefficient (Wildman–Crippen LogP) is 4.43. The first kappa shape index (κ1) is 21.1. The fraction of sp³-hybridized carbons (Fsp3) is 0.200. The van der Waals surface area contributed by atoms with Crippen molar-refractivity contribution in [2.45, 2.75) is 13.8 Å². The number of carbonyl (C=O) groups excluding carboxylic acids is 1. The normalized spacial score (nSPS) is 11.2. The highest BCUT2D eigenvalue weighted by Gasteiger charge is 2.13. The molecular weight excluding hydrogens is 374 g/mol. The Kier molecular flexibility index (Phi) is 6.84. The second-order valence-corrected chi connectivity index (χ2v) is 6.99. The van der Waals surface area contributed by atoms with Crippen molar-refractivity contribution in [1.29, 1.82) is 5.26 Å². The van der Waals surface area contributed by atoms with Crippen LogP contribution in [0.2, 0.25) is 0 Å². The molecule has 1 heterocycles. The molecule has 0 spiro atoms. The largest absolute Gasteiger partial charge is 0.383 e. The number of ether oxygens (including phenoxy) is 1. The summed E-state index contributed by atoms with van der Waals surface area (Å²) in [5.74, 6) is -0.397. The molecule has 2 aromatic carbocycles. The minimum Gasteiger partial charge on any atom is -0.383 e. The molecule has 0 aliphatic heterocycles. The summed E-state index contributed by atoms with van der Waals surface area (Å²) in [4.78, 5) is 12.2. The fourth-order valence-corrected chi connectivity index (χ4v) is 3.43. The van der Waals surface area contributed by atoms with E-state index in [0.29, 0.717) is 13.2 Å². The van der Waals surface area contributed by atoms with Crippen molar-refractivity contribution in [1.82, 2.24) is 9.88 Å². The molecule has 152 valence electrons. The fourth-order valence-electron chi connectivity index (χ4n) is 3.43. The molecular formula is C25H25N3O2. The third-order valence-electron chi connectivity index (χ3n) is 4.96. The molecule has 1 aromatic heterocycles. The first-order valence-electron chi connectivity index (χ1n) is 9.79. The number of hydrogen-bond acceptors (Lipinski definition) is 3. The number of nitrogens with one attached hydrogen (secondary N) is 1. The van der Waals surface area contributed by atoms with Gasteiger partial charge in [-0.15, -0.1) is 0 Å². The number of benzene rings is 2. The van der Waals surface area contributed by atoms with Crippen LogP contribution in [0, 0.1) is 25.2 Å². The molecule has 0 saturated carbocycles. The zero-order valence-electron chi connectivity index (χ0n) is 17.5. The van der Waals surface area contributed by atoms with Gasteiger partial charge in [-0.05, 0) is 54.8 Å². The van der Waals surface area contributed by atoms with Crippen LogP contribution in [-0.4, -0.2) is 30.7 Å². The molecule has 0 saturated heterocycles. The van der Waals surface area contributed by atoms with Gasteiger partial charge in [-0.1, -0.05) is 42.5 Å². The number of nitrogens with zero attached hydrogens (tertiary/aromatic N) is 2. The lowest BCUT2D eigenvalue weighted by molar-refractivity contribution is -0.117. The number of aromatic nitrogens is 1. The van der Waals surface area contributed by atoms with Gasteiger partial charge in [0.25, 0.3) is 5.91 Å². The maximum Gasteiger partial charge on any atom is 0.262 e. The number of rotatable bonds is 7. The molecule has 0 aliphatic carbocycles. The second kappa shape index (κ2) is 9.73. The van der Waals surface area contributed by atoms with Crippen molar-refractivity contribution in [3.8, 4) is 22.9 Å². The van der Waals surface area contributed by atoms with Crippen molar-refractivity contribution in [2.24, 2.45) is 0 Å². The van der Waals surface area contributed by atoms with Crippen LogP contribution in [0.25, 0.3) is 22.9 Å². The number of hydrogen-bond donors (Lipinski definition) is 1. The zero-order chi connectivity index (χ0) is 21.5. The van der Waals surface area contributed by atoms with Gasteiger partial charge >= 0.3 is 0 Å². The van der Waals surface area contributed by atoms with Crippen LogP contribution < -0.4 is 5.32 Å². The highest BCUT2D eigenvalue weighted by Crippen LogP contribution is 2.25. The Morgan fingerprint density at radius 3 is 2.40 bits per heavy atom. The predicted molar refractivity (Wildman–Crippen MR) is 119 cm³/mol. The van der Waals surface area contributed by atoms with E-state index in [2.05, 4.69) is 46.3 Å². The van der Waals surface area contributed by atoms with E-state index in [4.69, 9.17) is 4.74 Å². The minimum absolute atomic E-state index is 0.0748. The summed E-state index contributed by atoms with van der Waals surface area (Å²) in [7, 11) is 1.56. The summed E-state index contributed by atoms with van der Waals surface area (Å²) in [5, 5.41) is 12.1. The Labute approximate surface area is 177 Å². The molecule has 0 atom stereocenters. The molecule has 5 heteroatoms. The van der Waals surface area contributed by atoms with Crippen molar-refractivity contribution >= 4 is 12.0 Å². The third-order valence-corrected chi connectivity index (χ3v) is 4.96. The lowest BCUT2D eigenvalue weighted by Gasteiger charge is -2.11. The van der Waals surface area contributed by atoms with Gasteiger partial charge in [0, 0.05) is 30.7 Å². The quantitative estimate of drug-likeness (QED) is 0.363. The Morgan fingerprint density at radius 1 is 1.10 bits per heavy atom. The van der Waals surface area contributed by atoms with Gasteiger partial charge in [0.05, 0.1) is 6.61 Å². The summed E-state index contributed by atoms with van der Waals surface area (Å²) in [6.07, 6.45) is 1.64. The summed E-state index contributed by atoms with van der Waals surface area (Å²) in [6.45, 7) is 4.76. The van der Waals surface area contributed by atoms with Crippen molar-refractivity contribution in [3.05, 3.63) is 83.2 Å². The minimum atomic E-state index is -0.397. The smallest absolute Gasteiger partial charge is 0.262 e. The molecule has 0 unspecified atom stereocenters. The first-order chi connectivity index (χ1) is 14.5. The van der Waals surface area contributed by atoms with E-state index in [1.165, 1.54) is 5.56 Å². The van der Waals surface area contributed by atoms with E-state index < -0.39 is 5.91 Å². The van der Waals surface area contributed by atoms with E-state index in [1.54, 1.807) is 13.2 Å². The average Bonchev–Trinajstić information content (AvgIpc) is 3.05. The topological polar surface area (TPSA) is 67.0 Å². The molecule has 3 aromatic rings. The monoisotopic (exact) mass is 399 g/mol. The van der Waals surface area contributed by atoms with Gasteiger partial charge in [0.15, 0.2) is 0 Å². The van der Waals surface area contributed by atoms with Gasteiger partial charge in [-0.2, -0.15) is 5.26 Å². The Balaban J connectivity index is 1.88. The molecule has 0 fully saturated rings. The molecule has 0 bridgehead atoms. The molecule has 0 radical (unpaired) electrons. The first-order valence-corrected chi connectivity index (χ1v) is 9.79. The van der Waals surface area contributed by atoms with E-state index in [-0.39, 0.29) is 5.57 Å². The van der Waals surface area contributed by atoms with Gasteiger partial charge < -0.3 is 14.6 Å². The van der Waals surface area contributed by atoms with Gasteiger partial charge in [-0.25, -0.2) is 0 Å². The zero-order valence-corrected chi connectivity index (χ0v) is 17.5. The highest BCUT2D eigenvalue weighted by atomic mass is 16.5. The van der Waals surface area contributed by atoms with E-state index in [1.807, 2.05) is 44.2 Å². The number of carbonyl (C=O) groups is 1. The van der Waals surface area contributed by atoms with Crippen molar-refractivity contribution < 1.29 is 9.53 Å². The van der Waals surface area contributed by atoms with Crippen LogP contribution in [-0.2, 0) is 9.53 Å². The highest BCUT2D eigenvalue weighted by molar-refractivity contribution is 6.01. The summed E-state index contributed by atoms with van der Waals surface area (Å²) in [5.41, 5.74) is 6.28. The molecule has 5 nitrogen and oxygen atoms in total. The van der Waals surface area contributed by atoms with Crippen molar-refractivity contribution in [2.75, 3.05) is 20.3 Å². The molecule has 1 N–H and O–H groups in total. The summed E-state index contributed by atoms with van der Waals surface area (Å²) < 4.78 is 7.05. The molecule has 0 aliphatic rings. The Morgan fingerprint density at radius 2 is 1.77 bits per heavy atom. The van der Waals surface area contributed by atoms with Crippen LogP contribution in [0.15, 0.2) is 66.2 Å². The number of methoxy groups -OCH3 is 1. The van der Waals surface area contributed by atoms with Crippen molar-refractivity contribution in [3.63, 3.8) is 0 Å². The number of nitriles is 1. The summed E-state index contributed by atoms with van der Waals surface area (Å²) >= 11 is 0. The van der Waals surface area contributed by atoms with Gasteiger partial charge in [0.1, 0.15) is 11.6 Å². The third kappa shape index (κ3) is 4.68. The summed E-state index contributed by atoms with van der Waals surface area (Å²) in [6, 6.07) is 22.6.